The molecule has 1 aliphatic carbocycles. The Bertz CT molecular complexity index is 1300. The minimum absolute atomic E-state index is 0.00542. The van der Waals surface area contributed by atoms with Crippen LogP contribution in [0.15, 0.2) is 36.7 Å². The first-order valence-corrected chi connectivity index (χ1v) is 12.0. The first-order chi connectivity index (χ1) is 17.1. The molecule has 1 amide bonds. The molecule has 4 heterocycles. The van der Waals surface area contributed by atoms with Gasteiger partial charge in [-0.05, 0) is 52.9 Å². The van der Waals surface area contributed by atoms with Crippen LogP contribution in [0, 0.1) is 13.5 Å². The molecule has 6 rings (SSSR count). The van der Waals surface area contributed by atoms with E-state index in [4.69, 9.17) is 16.3 Å². The van der Waals surface area contributed by atoms with Crippen molar-refractivity contribution in [1.82, 2.24) is 35.0 Å². The van der Waals surface area contributed by atoms with Crippen molar-refractivity contribution < 1.29 is 9.53 Å². The summed E-state index contributed by atoms with van der Waals surface area (Å²) in [6, 6.07) is 10.0. The van der Waals surface area contributed by atoms with E-state index in [2.05, 4.69) is 31.3 Å². The lowest BCUT2D eigenvalue weighted by molar-refractivity contribution is -0.141. The molecular weight excluding hydrogens is 444 g/mol. The number of aryl methyl sites for hydroxylation is 2. The average Bonchev–Trinajstić information content (AvgIpc) is 3.57. The van der Waals surface area contributed by atoms with E-state index >= 15 is 0 Å². The monoisotopic (exact) mass is 470 g/mol. The lowest BCUT2D eigenvalue weighted by Crippen LogP contribution is -2.60. The third-order valence-corrected chi connectivity index (χ3v) is 7.44. The van der Waals surface area contributed by atoms with Crippen LogP contribution in [0.1, 0.15) is 40.8 Å². The largest absolute Gasteiger partial charge is 0.370 e. The van der Waals surface area contributed by atoms with Gasteiger partial charge in [-0.15, -0.1) is 5.10 Å². The lowest BCUT2D eigenvalue weighted by Gasteiger charge is -2.46. The molecule has 1 unspecified atom stereocenters. The maximum absolute atomic E-state index is 13.5. The molecule has 2 aliphatic heterocycles. The number of carbonyl (C=O) groups excluding carboxylic acids is 1. The fourth-order valence-corrected chi connectivity index (χ4v) is 5.52. The maximum atomic E-state index is 13.5. The van der Waals surface area contributed by atoms with Crippen LogP contribution in [-0.4, -0.2) is 79.7 Å². The summed E-state index contributed by atoms with van der Waals surface area (Å²) in [5.41, 5.74) is 4.76. The molecular formula is C25H26N8O2. The van der Waals surface area contributed by atoms with Crippen LogP contribution in [0.25, 0.3) is 10.7 Å². The van der Waals surface area contributed by atoms with Crippen LogP contribution < -0.4 is 0 Å². The molecule has 0 saturated carbocycles. The van der Waals surface area contributed by atoms with Crippen molar-refractivity contribution >= 4 is 11.6 Å². The van der Waals surface area contributed by atoms with Gasteiger partial charge in [-0.1, -0.05) is 24.3 Å². The number of hydrogen-bond donors (Lipinski definition) is 0. The summed E-state index contributed by atoms with van der Waals surface area (Å²) < 4.78 is 7.77. The van der Waals surface area contributed by atoms with Gasteiger partial charge in [0.15, 0.2) is 11.5 Å². The van der Waals surface area contributed by atoms with E-state index < -0.39 is 0 Å². The molecule has 35 heavy (non-hydrogen) atoms. The zero-order valence-corrected chi connectivity index (χ0v) is 19.5. The fourth-order valence-electron chi connectivity index (χ4n) is 5.52. The second-order valence-electron chi connectivity index (χ2n) is 9.46. The van der Waals surface area contributed by atoms with Gasteiger partial charge in [0.25, 0.3) is 0 Å². The van der Waals surface area contributed by atoms with Crippen molar-refractivity contribution in [3.8, 4) is 5.82 Å². The van der Waals surface area contributed by atoms with Crippen molar-refractivity contribution in [1.29, 1.82) is 0 Å². The topological polar surface area (TPSA) is 93.6 Å². The number of pyridine rings is 1. The quantitative estimate of drug-likeness (QED) is 0.542. The molecule has 0 bridgehead atoms. The Morgan fingerprint density at radius 2 is 2.11 bits per heavy atom. The Kier molecular flexibility index (Phi) is 5.51. The van der Waals surface area contributed by atoms with Gasteiger partial charge in [-0.2, -0.15) is 4.68 Å². The number of tetrazole rings is 1. The number of hydrogen-bond acceptors (Lipinski definition) is 7. The van der Waals surface area contributed by atoms with Crippen LogP contribution in [0.2, 0.25) is 0 Å². The average molecular weight is 471 g/mol. The minimum Gasteiger partial charge on any atom is -0.370 e. The highest BCUT2D eigenvalue weighted by Crippen LogP contribution is 2.35. The highest BCUT2D eigenvalue weighted by atomic mass is 16.5. The van der Waals surface area contributed by atoms with Gasteiger partial charge in [0.1, 0.15) is 6.33 Å². The molecule has 1 aromatic carbocycles. The number of aromatic nitrogens is 5. The van der Waals surface area contributed by atoms with Crippen molar-refractivity contribution in [2.75, 3.05) is 32.8 Å². The third-order valence-electron chi connectivity index (χ3n) is 7.44. The highest BCUT2D eigenvalue weighted by Gasteiger charge is 2.39. The molecule has 0 spiro atoms. The summed E-state index contributed by atoms with van der Waals surface area (Å²) in [6.07, 6.45) is 3.08. The Balaban J connectivity index is 1.11. The van der Waals surface area contributed by atoms with Crippen molar-refractivity contribution in [3.05, 3.63) is 70.5 Å². The Morgan fingerprint density at radius 1 is 1.20 bits per heavy atom. The molecule has 3 atom stereocenters. The van der Waals surface area contributed by atoms with Gasteiger partial charge in [0, 0.05) is 31.9 Å². The van der Waals surface area contributed by atoms with Crippen LogP contribution in [0.4, 0.5) is 5.69 Å². The zero-order chi connectivity index (χ0) is 23.9. The summed E-state index contributed by atoms with van der Waals surface area (Å²) >= 11 is 0. The standard InChI is InChI=1S/C25H26N8O2/c1-16-11-17(3-6-21(16)26-2)23-13-31-9-10-32(12-18(31)14-35-23)25(34)20-4-7-22-19(20)5-8-24(28-22)33-15-27-29-30-33/h3,5-6,8,11,15,18,20,23H,4,7,9-10,12-14H2,1H3/t18-,20?,23+/m1/s1. The summed E-state index contributed by atoms with van der Waals surface area (Å²) in [7, 11) is 0. The maximum Gasteiger partial charge on any atom is 0.230 e. The number of benzene rings is 1. The van der Waals surface area contributed by atoms with Gasteiger partial charge in [-0.25, -0.2) is 9.83 Å². The number of morpholine rings is 1. The van der Waals surface area contributed by atoms with Crippen LogP contribution in [0.5, 0.6) is 0 Å². The molecule has 0 N–H and O–H groups in total. The van der Waals surface area contributed by atoms with E-state index in [9.17, 15) is 4.79 Å². The molecule has 2 aromatic heterocycles. The van der Waals surface area contributed by atoms with Crippen LogP contribution in [-0.2, 0) is 16.0 Å². The molecule has 178 valence electrons. The van der Waals surface area contributed by atoms with Crippen molar-refractivity contribution in [2.45, 2.75) is 37.8 Å². The second kappa shape index (κ2) is 8.83. The summed E-state index contributed by atoms with van der Waals surface area (Å²) in [5, 5.41) is 11.2. The van der Waals surface area contributed by atoms with Crippen LogP contribution >= 0.6 is 0 Å². The van der Waals surface area contributed by atoms with Gasteiger partial charge >= 0.3 is 0 Å². The minimum atomic E-state index is -0.145. The molecule has 3 aromatic rings. The van der Waals surface area contributed by atoms with E-state index in [-0.39, 0.29) is 24.0 Å². The van der Waals surface area contributed by atoms with Gasteiger partial charge in [0.2, 0.25) is 5.91 Å². The molecule has 2 fully saturated rings. The molecule has 10 heteroatoms. The van der Waals surface area contributed by atoms with Crippen molar-refractivity contribution in [3.63, 3.8) is 0 Å². The predicted molar refractivity (Wildman–Crippen MR) is 126 cm³/mol. The van der Waals surface area contributed by atoms with Gasteiger partial charge < -0.3 is 9.64 Å². The number of fused-ring (bicyclic) bond motifs is 2. The SMILES string of the molecule is [C-]#[N+]c1ccc([C@@H]2CN3CCN(C(=O)C4CCc5nc(-n6cnnn6)ccc54)C[C@@H]3CO2)cc1C. The van der Waals surface area contributed by atoms with E-state index in [1.807, 2.05) is 36.1 Å². The van der Waals surface area contributed by atoms with Crippen molar-refractivity contribution in [2.24, 2.45) is 0 Å². The van der Waals surface area contributed by atoms with E-state index in [1.165, 1.54) is 11.0 Å². The second-order valence-corrected chi connectivity index (χ2v) is 9.46. The smallest absolute Gasteiger partial charge is 0.230 e. The van der Waals surface area contributed by atoms with Crippen LogP contribution in [0.3, 0.4) is 0 Å². The number of piperazine rings is 1. The number of ether oxygens (including phenoxy) is 1. The summed E-state index contributed by atoms with van der Waals surface area (Å²) in [4.78, 5) is 26.2. The normalized spacial score (nSPS) is 24.0. The number of nitrogens with zero attached hydrogens (tertiary/aromatic N) is 8. The summed E-state index contributed by atoms with van der Waals surface area (Å²) in [5.74, 6) is 0.712. The molecule has 10 nitrogen and oxygen atoms in total. The highest BCUT2D eigenvalue weighted by molar-refractivity contribution is 5.85. The van der Waals surface area contributed by atoms with E-state index in [0.29, 0.717) is 24.7 Å². The first kappa shape index (κ1) is 21.8. The Hall–Kier alpha value is -3.68. The van der Waals surface area contributed by atoms with E-state index in [0.717, 1.165) is 54.9 Å². The third kappa shape index (κ3) is 3.96. The predicted octanol–water partition coefficient (Wildman–Crippen LogP) is 2.23. The summed E-state index contributed by atoms with van der Waals surface area (Å²) in [6.45, 7) is 12.9. The number of rotatable bonds is 3. The van der Waals surface area contributed by atoms with Gasteiger partial charge in [-0.3, -0.25) is 9.69 Å². The first-order valence-electron chi connectivity index (χ1n) is 12.0. The lowest BCUT2D eigenvalue weighted by atomic mass is 9.98. The fraction of sp³-hybridized carbons (Fsp3) is 0.440. The van der Waals surface area contributed by atoms with Gasteiger partial charge in [0.05, 0.1) is 31.2 Å². The molecule has 0 radical (unpaired) electrons. The zero-order valence-electron chi connectivity index (χ0n) is 19.5. The number of carbonyl (C=O) groups is 1. The Morgan fingerprint density at radius 3 is 2.91 bits per heavy atom. The Labute approximate surface area is 203 Å². The molecule has 3 aliphatic rings. The number of amides is 1. The molecule has 2 saturated heterocycles. The van der Waals surface area contributed by atoms with E-state index in [1.54, 1.807) is 0 Å².